The number of aryl methyl sites for hydroxylation is 2. The third-order valence-electron chi connectivity index (χ3n) is 4.89. The maximum absolute atomic E-state index is 12.4. The second kappa shape index (κ2) is 6.50. The van der Waals surface area contributed by atoms with Crippen LogP contribution >= 0.6 is 11.3 Å². The summed E-state index contributed by atoms with van der Waals surface area (Å²) < 4.78 is 0. The molecule has 3 heterocycles. The standard InChI is InChI=1S/C17H25N3OS/c1-11-13(3)22-17-14(11)16(21)18-15(19-17)12(2)20-9-7-5-4-6-8-10-20/h12H,4-10H2,1-3H3,(H,18,19,21). The molecule has 22 heavy (non-hydrogen) atoms. The van der Waals surface area contributed by atoms with Crippen molar-refractivity contribution in [3.63, 3.8) is 0 Å². The van der Waals surface area contributed by atoms with Gasteiger partial charge in [-0.15, -0.1) is 11.3 Å². The van der Waals surface area contributed by atoms with Gasteiger partial charge in [0.05, 0.1) is 11.4 Å². The van der Waals surface area contributed by atoms with Crippen LogP contribution in [0.3, 0.4) is 0 Å². The van der Waals surface area contributed by atoms with Crippen molar-refractivity contribution in [3.8, 4) is 0 Å². The van der Waals surface area contributed by atoms with Gasteiger partial charge < -0.3 is 4.98 Å². The molecule has 0 aromatic carbocycles. The number of nitrogens with one attached hydrogen (secondary N) is 1. The normalized spacial score (nSPS) is 19.0. The number of hydrogen-bond donors (Lipinski definition) is 1. The lowest BCUT2D eigenvalue weighted by atomic mass is 10.1. The van der Waals surface area contributed by atoms with E-state index in [1.165, 1.54) is 37.0 Å². The van der Waals surface area contributed by atoms with Crippen molar-refractivity contribution in [3.05, 3.63) is 26.6 Å². The van der Waals surface area contributed by atoms with Crippen LogP contribution in [-0.4, -0.2) is 28.0 Å². The van der Waals surface area contributed by atoms with Crippen LogP contribution in [0.4, 0.5) is 0 Å². The summed E-state index contributed by atoms with van der Waals surface area (Å²) in [5, 5.41) is 0.770. The van der Waals surface area contributed by atoms with Crippen molar-refractivity contribution >= 4 is 21.6 Å². The average Bonchev–Trinajstić information content (AvgIpc) is 2.73. The maximum Gasteiger partial charge on any atom is 0.259 e. The first-order valence-corrected chi connectivity index (χ1v) is 9.13. The number of rotatable bonds is 2. The van der Waals surface area contributed by atoms with Crippen LogP contribution in [0.1, 0.15) is 61.3 Å². The lowest BCUT2D eigenvalue weighted by Crippen LogP contribution is -2.32. The minimum Gasteiger partial charge on any atom is -0.309 e. The van der Waals surface area contributed by atoms with E-state index in [9.17, 15) is 4.79 Å². The van der Waals surface area contributed by atoms with Crippen LogP contribution in [0.15, 0.2) is 4.79 Å². The molecule has 2 aromatic rings. The molecule has 1 unspecified atom stereocenters. The highest BCUT2D eigenvalue weighted by Gasteiger charge is 2.20. The molecule has 0 amide bonds. The topological polar surface area (TPSA) is 49.0 Å². The molecule has 120 valence electrons. The van der Waals surface area contributed by atoms with Crippen LogP contribution in [0.2, 0.25) is 0 Å². The third kappa shape index (κ3) is 2.97. The number of H-pyrrole nitrogens is 1. The van der Waals surface area contributed by atoms with Crippen LogP contribution < -0.4 is 5.56 Å². The molecular formula is C17H25N3OS. The Labute approximate surface area is 135 Å². The zero-order valence-corrected chi connectivity index (χ0v) is 14.6. The van der Waals surface area contributed by atoms with Gasteiger partial charge in [0.25, 0.3) is 5.56 Å². The Morgan fingerprint density at radius 1 is 1.14 bits per heavy atom. The van der Waals surface area contributed by atoms with Crippen molar-refractivity contribution in [2.75, 3.05) is 13.1 Å². The summed E-state index contributed by atoms with van der Waals surface area (Å²) in [6.45, 7) is 8.44. The lowest BCUT2D eigenvalue weighted by Gasteiger charge is -2.29. The Kier molecular flexibility index (Phi) is 4.64. The molecule has 1 atom stereocenters. The van der Waals surface area contributed by atoms with Gasteiger partial charge in [0.2, 0.25) is 0 Å². The molecule has 1 aliphatic heterocycles. The zero-order valence-electron chi connectivity index (χ0n) is 13.7. The van der Waals surface area contributed by atoms with Gasteiger partial charge in [-0.2, -0.15) is 0 Å². The summed E-state index contributed by atoms with van der Waals surface area (Å²) >= 11 is 1.63. The summed E-state index contributed by atoms with van der Waals surface area (Å²) in [6.07, 6.45) is 6.48. The minimum absolute atomic E-state index is 0.0146. The van der Waals surface area contributed by atoms with E-state index in [1.54, 1.807) is 11.3 Å². The monoisotopic (exact) mass is 319 g/mol. The highest BCUT2D eigenvalue weighted by atomic mass is 32.1. The van der Waals surface area contributed by atoms with Crippen molar-refractivity contribution in [1.29, 1.82) is 0 Å². The molecule has 0 aliphatic carbocycles. The lowest BCUT2D eigenvalue weighted by molar-refractivity contribution is 0.185. The van der Waals surface area contributed by atoms with E-state index >= 15 is 0 Å². The quantitative estimate of drug-likeness (QED) is 0.912. The van der Waals surface area contributed by atoms with Gasteiger partial charge in [-0.3, -0.25) is 9.69 Å². The van der Waals surface area contributed by atoms with E-state index in [0.717, 1.165) is 34.7 Å². The van der Waals surface area contributed by atoms with Crippen LogP contribution in [0.5, 0.6) is 0 Å². The molecule has 0 radical (unpaired) electrons. The van der Waals surface area contributed by atoms with E-state index in [2.05, 4.69) is 23.7 Å². The molecule has 1 N–H and O–H groups in total. The number of fused-ring (bicyclic) bond motifs is 1. The van der Waals surface area contributed by atoms with Gasteiger partial charge in [0, 0.05) is 4.88 Å². The van der Waals surface area contributed by atoms with E-state index in [4.69, 9.17) is 4.98 Å². The predicted molar refractivity (Wildman–Crippen MR) is 92.8 cm³/mol. The molecule has 1 saturated heterocycles. The highest BCUT2D eigenvalue weighted by Crippen LogP contribution is 2.28. The van der Waals surface area contributed by atoms with E-state index in [1.807, 2.05) is 6.92 Å². The number of thiophene rings is 1. The molecule has 0 spiro atoms. The summed E-state index contributed by atoms with van der Waals surface area (Å²) in [5.41, 5.74) is 1.08. The fraction of sp³-hybridized carbons (Fsp3) is 0.647. The number of likely N-dealkylation sites (tertiary alicyclic amines) is 1. The van der Waals surface area contributed by atoms with Gasteiger partial charge in [0.1, 0.15) is 10.7 Å². The molecule has 0 bridgehead atoms. The third-order valence-corrected chi connectivity index (χ3v) is 5.99. The van der Waals surface area contributed by atoms with Crippen LogP contribution in [-0.2, 0) is 0 Å². The van der Waals surface area contributed by atoms with Crippen LogP contribution in [0, 0.1) is 13.8 Å². The van der Waals surface area contributed by atoms with Gasteiger partial charge in [-0.05, 0) is 52.3 Å². The van der Waals surface area contributed by atoms with E-state index < -0.39 is 0 Å². The Bertz CT molecular complexity index is 710. The zero-order chi connectivity index (χ0) is 15.7. The SMILES string of the molecule is Cc1sc2nc(C(C)N3CCCCCCC3)[nH]c(=O)c2c1C. The molecule has 1 fully saturated rings. The van der Waals surface area contributed by atoms with Crippen molar-refractivity contribution in [2.24, 2.45) is 0 Å². The van der Waals surface area contributed by atoms with Gasteiger partial charge in [-0.1, -0.05) is 19.3 Å². The Hall–Kier alpha value is -1.20. The maximum atomic E-state index is 12.4. The first-order valence-electron chi connectivity index (χ1n) is 8.32. The van der Waals surface area contributed by atoms with Gasteiger partial charge >= 0.3 is 0 Å². The van der Waals surface area contributed by atoms with Crippen LogP contribution in [0.25, 0.3) is 10.2 Å². The van der Waals surface area contributed by atoms with Gasteiger partial charge in [-0.25, -0.2) is 4.98 Å². The molecule has 3 rings (SSSR count). The second-order valence-corrected chi connectivity index (χ2v) is 7.60. The molecule has 4 nitrogen and oxygen atoms in total. The minimum atomic E-state index is 0.0146. The Morgan fingerprint density at radius 3 is 2.45 bits per heavy atom. The van der Waals surface area contributed by atoms with E-state index in [0.29, 0.717) is 0 Å². The fourth-order valence-corrected chi connectivity index (χ4v) is 4.34. The molecule has 5 heteroatoms. The van der Waals surface area contributed by atoms with Crippen molar-refractivity contribution in [1.82, 2.24) is 14.9 Å². The second-order valence-electron chi connectivity index (χ2n) is 6.39. The van der Waals surface area contributed by atoms with Crippen molar-refractivity contribution < 1.29 is 0 Å². The molecule has 2 aromatic heterocycles. The molecular weight excluding hydrogens is 294 g/mol. The molecule has 1 aliphatic rings. The summed E-state index contributed by atoms with van der Waals surface area (Å²) in [5.74, 6) is 0.819. The predicted octanol–water partition coefficient (Wildman–Crippen LogP) is 3.93. The van der Waals surface area contributed by atoms with Crippen molar-refractivity contribution in [2.45, 2.75) is 58.9 Å². The fourth-order valence-electron chi connectivity index (χ4n) is 3.30. The van der Waals surface area contributed by atoms with E-state index in [-0.39, 0.29) is 11.6 Å². The molecule has 0 saturated carbocycles. The Morgan fingerprint density at radius 2 is 1.77 bits per heavy atom. The largest absolute Gasteiger partial charge is 0.309 e. The summed E-state index contributed by atoms with van der Waals surface area (Å²) in [7, 11) is 0. The number of aromatic nitrogens is 2. The number of hydrogen-bond acceptors (Lipinski definition) is 4. The Balaban J connectivity index is 1.93. The summed E-state index contributed by atoms with van der Waals surface area (Å²) in [6, 6.07) is 0.179. The first kappa shape index (κ1) is 15.7. The highest BCUT2D eigenvalue weighted by molar-refractivity contribution is 7.18. The smallest absolute Gasteiger partial charge is 0.259 e. The van der Waals surface area contributed by atoms with Gasteiger partial charge in [0.15, 0.2) is 0 Å². The first-order chi connectivity index (χ1) is 10.6. The summed E-state index contributed by atoms with van der Waals surface area (Å²) in [4.78, 5) is 24.8. The average molecular weight is 319 g/mol. The number of aromatic amines is 1. The number of nitrogens with zero attached hydrogens (tertiary/aromatic N) is 2.